The van der Waals surface area contributed by atoms with Crippen LogP contribution in [0.1, 0.15) is 31.2 Å². The summed E-state index contributed by atoms with van der Waals surface area (Å²) in [6.45, 7) is 0. The van der Waals surface area contributed by atoms with Crippen LogP contribution in [0, 0.1) is 11.7 Å². The largest absolute Gasteiger partial charge is 0.316 e. The fraction of sp³-hybridized carbons (Fsp3) is 0.600. The Hall–Kier alpha value is -0.740. The Balaban J connectivity index is 2.02. The van der Waals surface area contributed by atoms with Crippen molar-refractivity contribution in [3.8, 4) is 0 Å². The van der Waals surface area contributed by atoms with Gasteiger partial charge >= 0.3 is 0 Å². The Morgan fingerprint density at radius 3 is 2.55 bits per heavy atom. The number of likely N-dealkylation sites (N-methyl/N-ethyl adjacent to an activating group) is 1. The molecule has 1 fully saturated rings. The third-order valence-electron chi connectivity index (χ3n) is 4.16. The quantitative estimate of drug-likeness (QED) is 0.867. The van der Waals surface area contributed by atoms with Gasteiger partial charge in [0.1, 0.15) is 5.82 Å². The molecule has 0 saturated heterocycles. The lowest BCUT2D eigenvalue weighted by Crippen LogP contribution is -2.39. The SMILES string of the molecule is CNC(Cc1ccc(Cl)cc1F)C1CCC(F)(F)CC1. The smallest absolute Gasteiger partial charge is 0.248 e. The monoisotopic (exact) mass is 305 g/mol. The molecule has 2 rings (SSSR count). The van der Waals surface area contributed by atoms with Crippen LogP contribution >= 0.6 is 11.6 Å². The summed E-state index contributed by atoms with van der Waals surface area (Å²) in [5.41, 5.74) is 0.575. The maximum Gasteiger partial charge on any atom is 0.248 e. The van der Waals surface area contributed by atoms with Gasteiger partial charge in [0, 0.05) is 23.9 Å². The predicted molar refractivity (Wildman–Crippen MR) is 74.9 cm³/mol. The van der Waals surface area contributed by atoms with Crippen molar-refractivity contribution >= 4 is 11.6 Å². The van der Waals surface area contributed by atoms with Crippen molar-refractivity contribution in [2.75, 3.05) is 7.05 Å². The van der Waals surface area contributed by atoms with Gasteiger partial charge in [0.2, 0.25) is 5.92 Å². The lowest BCUT2D eigenvalue weighted by Gasteiger charge is -2.33. The molecule has 0 bridgehead atoms. The topological polar surface area (TPSA) is 12.0 Å². The first-order valence-electron chi connectivity index (χ1n) is 6.90. The van der Waals surface area contributed by atoms with Crippen molar-refractivity contribution in [2.45, 2.75) is 44.1 Å². The van der Waals surface area contributed by atoms with Gasteiger partial charge in [-0.3, -0.25) is 0 Å². The van der Waals surface area contributed by atoms with E-state index in [-0.39, 0.29) is 30.6 Å². The Morgan fingerprint density at radius 1 is 1.35 bits per heavy atom. The molecule has 1 aromatic rings. The summed E-state index contributed by atoms with van der Waals surface area (Å²) < 4.78 is 40.2. The lowest BCUT2D eigenvalue weighted by atomic mass is 9.80. The van der Waals surface area contributed by atoms with Gasteiger partial charge in [-0.2, -0.15) is 0 Å². The zero-order valence-electron chi connectivity index (χ0n) is 11.4. The van der Waals surface area contributed by atoms with Crippen molar-refractivity contribution in [1.29, 1.82) is 0 Å². The normalized spacial score (nSPS) is 20.9. The van der Waals surface area contributed by atoms with Crippen LogP contribution in [-0.4, -0.2) is 19.0 Å². The van der Waals surface area contributed by atoms with E-state index in [2.05, 4.69) is 5.32 Å². The standard InChI is InChI=1S/C15H19ClF3N/c1-20-14(10-4-6-15(18,19)7-5-10)8-11-2-3-12(16)9-13(11)17/h2-3,9-10,14,20H,4-8H2,1H3. The van der Waals surface area contributed by atoms with E-state index in [0.717, 1.165) is 0 Å². The molecule has 1 unspecified atom stereocenters. The van der Waals surface area contributed by atoms with Crippen LogP contribution < -0.4 is 5.32 Å². The molecule has 0 aromatic heterocycles. The van der Waals surface area contributed by atoms with Gasteiger partial charge in [0.05, 0.1) is 0 Å². The Labute approximate surface area is 122 Å². The zero-order chi connectivity index (χ0) is 14.8. The van der Waals surface area contributed by atoms with E-state index in [1.807, 2.05) is 0 Å². The van der Waals surface area contributed by atoms with Gasteiger partial charge < -0.3 is 5.32 Å². The summed E-state index contributed by atoms with van der Waals surface area (Å²) in [6.07, 6.45) is 1.31. The van der Waals surface area contributed by atoms with Crippen LogP contribution in [0.15, 0.2) is 18.2 Å². The molecular weight excluding hydrogens is 287 g/mol. The van der Waals surface area contributed by atoms with Gasteiger partial charge in [-0.1, -0.05) is 17.7 Å². The maximum atomic E-state index is 13.8. The molecule has 20 heavy (non-hydrogen) atoms. The van der Waals surface area contributed by atoms with Gasteiger partial charge in [0.15, 0.2) is 0 Å². The molecule has 1 saturated carbocycles. The third kappa shape index (κ3) is 3.89. The number of halogens is 4. The van der Waals surface area contributed by atoms with E-state index < -0.39 is 5.92 Å². The van der Waals surface area contributed by atoms with E-state index in [9.17, 15) is 13.2 Å². The molecule has 1 N–H and O–H groups in total. The molecule has 1 aliphatic carbocycles. The fourth-order valence-corrected chi connectivity index (χ4v) is 3.05. The fourth-order valence-electron chi connectivity index (χ4n) is 2.89. The highest BCUT2D eigenvalue weighted by Crippen LogP contribution is 2.38. The summed E-state index contributed by atoms with van der Waals surface area (Å²) in [4.78, 5) is 0. The van der Waals surface area contributed by atoms with Crippen LogP contribution in [0.25, 0.3) is 0 Å². The number of hydrogen-bond acceptors (Lipinski definition) is 1. The molecule has 0 aliphatic heterocycles. The van der Waals surface area contributed by atoms with Crippen molar-refractivity contribution in [2.24, 2.45) is 5.92 Å². The minimum Gasteiger partial charge on any atom is -0.316 e. The Morgan fingerprint density at radius 2 is 2.00 bits per heavy atom. The van der Waals surface area contributed by atoms with Crippen LogP contribution in [0.2, 0.25) is 5.02 Å². The number of benzene rings is 1. The molecule has 112 valence electrons. The number of hydrogen-bond donors (Lipinski definition) is 1. The first-order valence-corrected chi connectivity index (χ1v) is 7.28. The molecule has 0 spiro atoms. The molecule has 5 heteroatoms. The first kappa shape index (κ1) is 15.6. The zero-order valence-corrected chi connectivity index (χ0v) is 12.2. The number of rotatable bonds is 4. The van der Waals surface area contributed by atoms with Crippen LogP contribution in [0.5, 0.6) is 0 Å². The highest BCUT2D eigenvalue weighted by atomic mass is 35.5. The van der Waals surface area contributed by atoms with Gasteiger partial charge in [-0.05, 0) is 49.9 Å². The second kappa shape index (κ2) is 6.35. The van der Waals surface area contributed by atoms with Crippen LogP contribution in [0.4, 0.5) is 13.2 Å². The average Bonchev–Trinajstić information content (AvgIpc) is 2.39. The van der Waals surface area contributed by atoms with Crippen molar-refractivity contribution in [3.63, 3.8) is 0 Å². The van der Waals surface area contributed by atoms with Crippen molar-refractivity contribution < 1.29 is 13.2 Å². The van der Waals surface area contributed by atoms with Gasteiger partial charge in [0.25, 0.3) is 0 Å². The summed E-state index contributed by atoms with van der Waals surface area (Å²) in [5, 5.41) is 3.51. The summed E-state index contributed by atoms with van der Waals surface area (Å²) in [7, 11) is 1.80. The molecular formula is C15H19ClF3N. The van der Waals surface area contributed by atoms with E-state index in [1.165, 1.54) is 6.07 Å². The second-order valence-corrected chi connectivity index (χ2v) is 5.96. The molecule has 1 aromatic carbocycles. The van der Waals surface area contributed by atoms with E-state index in [1.54, 1.807) is 19.2 Å². The number of alkyl halides is 2. The highest BCUT2D eigenvalue weighted by Gasteiger charge is 2.37. The minimum atomic E-state index is -2.53. The van der Waals surface area contributed by atoms with E-state index in [4.69, 9.17) is 11.6 Å². The summed E-state index contributed by atoms with van der Waals surface area (Å²) in [6, 6.07) is 4.63. The summed E-state index contributed by atoms with van der Waals surface area (Å²) in [5.74, 6) is -2.70. The van der Waals surface area contributed by atoms with Crippen molar-refractivity contribution in [1.82, 2.24) is 5.32 Å². The maximum absolute atomic E-state index is 13.8. The second-order valence-electron chi connectivity index (χ2n) is 5.53. The lowest BCUT2D eigenvalue weighted by molar-refractivity contribution is -0.0493. The Kier molecular flexibility index (Phi) is 4.97. The van der Waals surface area contributed by atoms with Gasteiger partial charge in [-0.15, -0.1) is 0 Å². The molecule has 1 nitrogen and oxygen atoms in total. The highest BCUT2D eigenvalue weighted by molar-refractivity contribution is 6.30. The van der Waals surface area contributed by atoms with Crippen LogP contribution in [0.3, 0.4) is 0 Å². The summed E-state index contributed by atoms with van der Waals surface area (Å²) >= 11 is 5.73. The van der Waals surface area contributed by atoms with Crippen molar-refractivity contribution in [3.05, 3.63) is 34.6 Å². The van der Waals surface area contributed by atoms with E-state index in [0.29, 0.717) is 29.8 Å². The molecule has 0 heterocycles. The van der Waals surface area contributed by atoms with Gasteiger partial charge in [-0.25, -0.2) is 13.2 Å². The third-order valence-corrected chi connectivity index (χ3v) is 4.39. The van der Waals surface area contributed by atoms with Crippen LogP contribution in [-0.2, 0) is 6.42 Å². The molecule has 0 radical (unpaired) electrons. The average molecular weight is 306 g/mol. The molecule has 0 amide bonds. The molecule has 1 aliphatic rings. The predicted octanol–water partition coefficient (Wildman–Crippen LogP) is 4.44. The number of nitrogens with one attached hydrogen (secondary N) is 1. The molecule has 1 atom stereocenters. The first-order chi connectivity index (χ1) is 9.41. The Bertz CT molecular complexity index is 454. The van der Waals surface area contributed by atoms with E-state index >= 15 is 0 Å². The minimum absolute atomic E-state index is 0.0155.